The molecule has 0 radical (unpaired) electrons. The molecule has 0 atom stereocenters. The molecular weight excluding hydrogens is 316 g/mol. The van der Waals surface area contributed by atoms with Crippen LogP contribution in [0, 0.1) is 0 Å². The predicted octanol–water partition coefficient (Wildman–Crippen LogP) is 3.44. The molecule has 1 aromatic carbocycles. The second-order valence-electron chi connectivity index (χ2n) is 6.13. The number of aromatic amines is 2. The second-order valence-corrected chi connectivity index (χ2v) is 6.13. The van der Waals surface area contributed by atoms with Crippen LogP contribution < -0.4 is 10.6 Å². The van der Waals surface area contributed by atoms with E-state index in [1.807, 2.05) is 30.5 Å². The van der Waals surface area contributed by atoms with Gasteiger partial charge in [0.2, 0.25) is 5.95 Å². The van der Waals surface area contributed by atoms with Crippen molar-refractivity contribution in [3.63, 3.8) is 0 Å². The van der Waals surface area contributed by atoms with E-state index in [1.54, 1.807) is 6.33 Å². The summed E-state index contributed by atoms with van der Waals surface area (Å²) in [6, 6.07) is 7.76. The molecule has 4 aromatic rings. The van der Waals surface area contributed by atoms with Crippen LogP contribution in [0.25, 0.3) is 11.0 Å². The fourth-order valence-electron chi connectivity index (χ4n) is 2.78. The zero-order valence-corrected chi connectivity index (χ0v) is 13.3. The number of aromatic nitrogens is 6. The van der Waals surface area contributed by atoms with Gasteiger partial charge in [-0.2, -0.15) is 0 Å². The molecule has 8 heteroatoms. The molecule has 0 unspecified atom stereocenters. The highest BCUT2D eigenvalue weighted by atomic mass is 15.2. The molecule has 0 spiro atoms. The number of H-pyrrole nitrogens is 2. The standard InChI is InChI=1S/C17H16N8/c1-2-10(1)14-7-18-17(24-14)25-16-6-15(21-9-22-16)23-11-3-4-12-13(5-11)20-8-19-12/h3-10H,1-2H2,(H,19,20)(H3,18,21,22,23,24,25). The first-order valence-electron chi connectivity index (χ1n) is 8.18. The van der Waals surface area contributed by atoms with Gasteiger partial charge in [-0.3, -0.25) is 0 Å². The van der Waals surface area contributed by atoms with Gasteiger partial charge in [-0.25, -0.2) is 19.9 Å². The van der Waals surface area contributed by atoms with Crippen molar-refractivity contribution in [3.8, 4) is 0 Å². The van der Waals surface area contributed by atoms with Gasteiger partial charge in [0.25, 0.3) is 0 Å². The van der Waals surface area contributed by atoms with Gasteiger partial charge < -0.3 is 20.6 Å². The Bertz CT molecular complexity index is 1030. The molecule has 0 aliphatic heterocycles. The summed E-state index contributed by atoms with van der Waals surface area (Å²) in [5.74, 6) is 2.72. The molecule has 25 heavy (non-hydrogen) atoms. The number of imidazole rings is 2. The number of rotatable bonds is 5. The third-order valence-corrected chi connectivity index (χ3v) is 4.22. The van der Waals surface area contributed by atoms with Crippen LogP contribution >= 0.6 is 0 Å². The van der Waals surface area contributed by atoms with E-state index in [9.17, 15) is 0 Å². The predicted molar refractivity (Wildman–Crippen MR) is 95.3 cm³/mol. The number of hydrogen-bond acceptors (Lipinski definition) is 6. The van der Waals surface area contributed by atoms with Crippen molar-refractivity contribution in [1.82, 2.24) is 29.9 Å². The number of nitrogens with zero attached hydrogens (tertiary/aromatic N) is 4. The van der Waals surface area contributed by atoms with Crippen molar-refractivity contribution in [2.45, 2.75) is 18.8 Å². The maximum absolute atomic E-state index is 4.36. The zero-order chi connectivity index (χ0) is 16.6. The van der Waals surface area contributed by atoms with E-state index in [2.05, 4.69) is 40.5 Å². The van der Waals surface area contributed by atoms with Gasteiger partial charge in [0.15, 0.2) is 0 Å². The third kappa shape index (κ3) is 2.89. The van der Waals surface area contributed by atoms with Crippen LogP contribution in [0.4, 0.5) is 23.3 Å². The molecule has 8 nitrogen and oxygen atoms in total. The fourth-order valence-corrected chi connectivity index (χ4v) is 2.78. The molecule has 1 saturated carbocycles. The monoisotopic (exact) mass is 332 g/mol. The summed E-state index contributed by atoms with van der Waals surface area (Å²) in [6.07, 6.45) is 7.57. The minimum atomic E-state index is 0.642. The lowest BCUT2D eigenvalue weighted by molar-refractivity contribution is 1.05. The molecule has 5 rings (SSSR count). The Kier molecular flexibility index (Phi) is 3.12. The average molecular weight is 332 g/mol. The van der Waals surface area contributed by atoms with E-state index in [4.69, 9.17) is 0 Å². The summed E-state index contributed by atoms with van der Waals surface area (Å²) in [5.41, 5.74) is 4.01. The molecule has 4 N–H and O–H groups in total. The van der Waals surface area contributed by atoms with Gasteiger partial charge in [-0.05, 0) is 31.0 Å². The van der Waals surface area contributed by atoms with Crippen LogP contribution in [0.2, 0.25) is 0 Å². The van der Waals surface area contributed by atoms with Crippen LogP contribution in [0.15, 0.2) is 43.1 Å². The third-order valence-electron chi connectivity index (χ3n) is 4.22. The van der Waals surface area contributed by atoms with Gasteiger partial charge >= 0.3 is 0 Å². The first kappa shape index (κ1) is 14.0. The Labute approximate surface area is 143 Å². The smallest absolute Gasteiger partial charge is 0.206 e. The summed E-state index contributed by atoms with van der Waals surface area (Å²) in [6.45, 7) is 0. The maximum atomic E-state index is 4.36. The average Bonchev–Trinajstić information content (AvgIpc) is 3.18. The minimum absolute atomic E-state index is 0.642. The fraction of sp³-hybridized carbons (Fsp3) is 0.176. The summed E-state index contributed by atoms with van der Waals surface area (Å²) in [4.78, 5) is 23.5. The topological polar surface area (TPSA) is 107 Å². The van der Waals surface area contributed by atoms with E-state index in [0.29, 0.717) is 23.5 Å². The molecule has 0 saturated heterocycles. The highest BCUT2D eigenvalue weighted by molar-refractivity contribution is 5.80. The summed E-state index contributed by atoms with van der Waals surface area (Å²) in [7, 11) is 0. The highest BCUT2D eigenvalue weighted by Crippen LogP contribution is 2.39. The first-order valence-corrected chi connectivity index (χ1v) is 8.18. The molecule has 0 bridgehead atoms. The van der Waals surface area contributed by atoms with Crippen molar-refractivity contribution in [3.05, 3.63) is 48.8 Å². The number of hydrogen-bond donors (Lipinski definition) is 4. The normalized spacial score (nSPS) is 13.9. The van der Waals surface area contributed by atoms with E-state index in [-0.39, 0.29) is 0 Å². The molecular formula is C17H16N8. The summed E-state index contributed by atoms with van der Waals surface area (Å²) in [5, 5.41) is 6.46. The van der Waals surface area contributed by atoms with E-state index in [1.165, 1.54) is 24.9 Å². The van der Waals surface area contributed by atoms with Crippen molar-refractivity contribution in [2.24, 2.45) is 0 Å². The molecule has 1 aliphatic rings. The number of nitrogens with one attached hydrogen (secondary N) is 4. The van der Waals surface area contributed by atoms with E-state index >= 15 is 0 Å². The van der Waals surface area contributed by atoms with Crippen molar-refractivity contribution >= 4 is 34.3 Å². The Morgan fingerprint density at radius 1 is 0.960 bits per heavy atom. The molecule has 3 heterocycles. The van der Waals surface area contributed by atoms with E-state index < -0.39 is 0 Å². The lowest BCUT2D eigenvalue weighted by Crippen LogP contribution is -1.99. The quantitative estimate of drug-likeness (QED) is 0.446. The Hall–Kier alpha value is -3.42. The van der Waals surface area contributed by atoms with Gasteiger partial charge in [0.05, 0.1) is 23.6 Å². The zero-order valence-electron chi connectivity index (χ0n) is 13.3. The van der Waals surface area contributed by atoms with Crippen LogP contribution in [-0.2, 0) is 0 Å². The summed E-state index contributed by atoms with van der Waals surface area (Å²) < 4.78 is 0. The number of fused-ring (bicyclic) bond motifs is 1. The highest BCUT2D eigenvalue weighted by Gasteiger charge is 2.25. The molecule has 1 aliphatic carbocycles. The van der Waals surface area contributed by atoms with Crippen molar-refractivity contribution in [1.29, 1.82) is 0 Å². The second kappa shape index (κ2) is 5.59. The Balaban J connectivity index is 1.34. The lowest BCUT2D eigenvalue weighted by atomic mass is 10.3. The van der Waals surface area contributed by atoms with Crippen LogP contribution in [0.1, 0.15) is 24.5 Å². The molecule has 3 aromatic heterocycles. The number of benzene rings is 1. The van der Waals surface area contributed by atoms with Crippen LogP contribution in [0.5, 0.6) is 0 Å². The van der Waals surface area contributed by atoms with Crippen molar-refractivity contribution in [2.75, 3.05) is 10.6 Å². The first-order chi connectivity index (χ1) is 12.3. The van der Waals surface area contributed by atoms with Crippen LogP contribution in [-0.4, -0.2) is 29.9 Å². The number of anilines is 4. The van der Waals surface area contributed by atoms with Gasteiger partial charge in [-0.1, -0.05) is 0 Å². The molecule has 124 valence electrons. The van der Waals surface area contributed by atoms with Gasteiger partial charge in [0.1, 0.15) is 18.0 Å². The van der Waals surface area contributed by atoms with E-state index in [0.717, 1.165) is 16.7 Å². The molecule has 0 amide bonds. The Morgan fingerprint density at radius 3 is 2.72 bits per heavy atom. The van der Waals surface area contributed by atoms with Crippen LogP contribution in [0.3, 0.4) is 0 Å². The largest absolute Gasteiger partial charge is 0.345 e. The Morgan fingerprint density at radius 2 is 1.84 bits per heavy atom. The molecule has 1 fully saturated rings. The lowest BCUT2D eigenvalue weighted by Gasteiger charge is -2.07. The maximum Gasteiger partial charge on any atom is 0.206 e. The van der Waals surface area contributed by atoms with Crippen molar-refractivity contribution < 1.29 is 0 Å². The minimum Gasteiger partial charge on any atom is -0.345 e. The SMILES string of the molecule is c1nc(Nc2ccc3nc[nH]c3c2)cc(Nc2ncc(C3CC3)[nH]2)n1. The van der Waals surface area contributed by atoms with Gasteiger partial charge in [0, 0.05) is 23.4 Å². The summed E-state index contributed by atoms with van der Waals surface area (Å²) >= 11 is 0. The van der Waals surface area contributed by atoms with Gasteiger partial charge in [-0.15, -0.1) is 0 Å².